The number of hydrogen-bond acceptors (Lipinski definition) is 16. The first-order valence-electron chi connectivity index (χ1n) is 27.1. The van der Waals surface area contributed by atoms with Crippen LogP contribution in [0.4, 0.5) is 17.1 Å². The lowest BCUT2D eigenvalue weighted by Gasteiger charge is -2.39. The van der Waals surface area contributed by atoms with E-state index < -0.39 is 75.2 Å². The third-order valence-corrected chi connectivity index (χ3v) is 21.3. The first-order valence-corrected chi connectivity index (χ1v) is 33.4. The minimum Gasteiger partial charge on any atom is -0.455 e. The van der Waals surface area contributed by atoms with Gasteiger partial charge in [0.15, 0.2) is 5.40 Å². The molecule has 0 saturated heterocycles. The van der Waals surface area contributed by atoms with Crippen LogP contribution >= 0.6 is 15.2 Å². The number of anilines is 3. The highest BCUT2D eigenvalue weighted by atomic mass is 32.2. The second kappa shape index (κ2) is 25.3. The van der Waals surface area contributed by atoms with E-state index in [4.69, 9.17) is 38.5 Å². The Balaban J connectivity index is 0.731. The van der Waals surface area contributed by atoms with Crippen LogP contribution in [0.5, 0.6) is 11.5 Å². The molecule has 5 aliphatic heterocycles. The largest absolute Gasteiger partial charge is 0.455 e. The lowest BCUT2D eigenvalue weighted by Crippen LogP contribution is -2.45. The van der Waals surface area contributed by atoms with Gasteiger partial charge < -0.3 is 59.4 Å². The van der Waals surface area contributed by atoms with Gasteiger partial charge in [-0.2, -0.15) is 8.42 Å². The Bertz CT molecular complexity index is 3530. The first-order chi connectivity index (χ1) is 38.1. The van der Waals surface area contributed by atoms with E-state index in [9.17, 15) is 44.9 Å². The molecule has 80 heavy (non-hydrogen) atoms. The predicted molar refractivity (Wildman–Crippen MR) is 296 cm³/mol. The van der Waals surface area contributed by atoms with Gasteiger partial charge in [-0.25, -0.2) is 17.7 Å². The molecule has 0 atom stereocenters. The van der Waals surface area contributed by atoms with E-state index in [1.807, 2.05) is 0 Å². The lowest BCUT2D eigenvalue weighted by molar-refractivity contribution is -0.121. The number of nitrogens with zero attached hydrogens (tertiary/aromatic N) is 2. The van der Waals surface area contributed by atoms with Gasteiger partial charge in [0.1, 0.15) is 40.9 Å². The fraction of sp³-hybridized carbons (Fsp3) is 0.538. The van der Waals surface area contributed by atoms with E-state index in [2.05, 4.69) is 42.3 Å². The maximum atomic E-state index is 13.8. The lowest BCUT2D eigenvalue weighted by atomic mass is 9.82. The van der Waals surface area contributed by atoms with E-state index >= 15 is 0 Å². The molecule has 0 unspecified atom stereocenters. The average molecular weight is 1190 g/mol. The summed E-state index contributed by atoms with van der Waals surface area (Å²) in [5.74, 6) is 0.733. The summed E-state index contributed by atoms with van der Waals surface area (Å²) in [6.45, 7) is 5.53. The molecular formula is C52H69N6O18P2S2+. The molecule has 9 N–H and O–H groups in total. The number of aryl methyl sites for hydroxylation is 2. The summed E-state index contributed by atoms with van der Waals surface area (Å²) in [7, 11) is -19.5. The molecule has 5 aliphatic rings. The molecule has 24 nitrogen and oxygen atoms in total. The minimum atomic E-state index is -5.11. The zero-order chi connectivity index (χ0) is 57.0. The van der Waals surface area contributed by atoms with Crippen LogP contribution in [-0.2, 0) is 74.0 Å². The van der Waals surface area contributed by atoms with Gasteiger partial charge in [0.05, 0.1) is 50.1 Å². The van der Waals surface area contributed by atoms with Crippen molar-refractivity contribution in [3.05, 3.63) is 94.7 Å². The van der Waals surface area contributed by atoms with Crippen molar-refractivity contribution >= 4 is 63.9 Å². The highest BCUT2D eigenvalue weighted by Gasteiger charge is 2.43. The maximum Gasteiger partial charge on any atom is 0.340 e. The number of ether oxygens (including phenoxy) is 4. The Morgan fingerprint density at radius 2 is 1.31 bits per heavy atom. The summed E-state index contributed by atoms with van der Waals surface area (Å²) in [5, 5.41) is 8.01. The van der Waals surface area contributed by atoms with Gasteiger partial charge in [-0.05, 0) is 87.6 Å². The Labute approximate surface area is 462 Å². The molecule has 436 valence electrons. The van der Waals surface area contributed by atoms with Gasteiger partial charge in [-0.15, -0.1) is 0 Å². The van der Waals surface area contributed by atoms with Gasteiger partial charge in [-0.1, -0.05) is 12.5 Å². The van der Waals surface area contributed by atoms with Gasteiger partial charge in [-0.3, -0.25) is 28.1 Å². The van der Waals surface area contributed by atoms with Crippen molar-refractivity contribution in [2.24, 2.45) is 0 Å². The highest BCUT2D eigenvalue weighted by Crippen LogP contribution is 2.61. The third kappa shape index (κ3) is 13.4. The normalized spacial score (nSPS) is 16.0. The molecule has 0 aliphatic carbocycles. The Kier molecular flexibility index (Phi) is 18.9. The SMILES string of the molecule is O=C(CCC(P(=O)(O)O)P(=O)(O)O)NCCOCCOCCOCCNc1c(NCCCCCNS(=O)(=O)c2ccc(C3=c4cc5c6c(c4Oc4c3cc3c7c4CCCN7CCC3)CCC[N+]=6CCC5)c(S(=O)(=O)O)c2)c(=O)c1=O. The van der Waals surface area contributed by atoms with Crippen molar-refractivity contribution < 1.29 is 73.8 Å². The number of carbonyl (C=O) groups excluding carboxylic acids is 1. The van der Waals surface area contributed by atoms with Gasteiger partial charge in [0.25, 0.3) is 21.0 Å². The molecule has 4 aromatic rings. The van der Waals surface area contributed by atoms with E-state index in [1.165, 1.54) is 23.2 Å². The predicted octanol–water partition coefficient (Wildman–Crippen LogP) is 1.56. The molecule has 1 amide bonds. The van der Waals surface area contributed by atoms with Crippen molar-refractivity contribution in [3.8, 4) is 11.5 Å². The number of carbonyl (C=O) groups is 1. The molecule has 4 aromatic carbocycles. The van der Waals surface area contributed by atoms with Crippen LogP contribution in [-0.4, -0.2) is 144 Å². The van der Waals surface area contributed by atoms with Crippen LogP contribution in [0.25, 0.3) is 5.57 Å². The Morgan fingerprint density at radius 3 is 2.00 bits per heavy atom. The topological polar surface area (TPSA) is 346 Å². The molecule has 28 heteroatoms. The molecule has 0 bridgehead atoms. The van der Waals surface area contributed by atoms with Crippen molar-refractivity contribution in [2.75, 3.05) is 108 Å². The summed E-state index contributed by atoms with van der Waals surface area (Å²) in [5.41, 5.74) is 6.21. The van der Waals surface area contributed by atoms with Gasteiger partial charge in [0, 0.05) is 97.3 Å². The van der Waals surface area contributed by atoms with Crippen molar-refractivity contribution in [1.29, 1.82) is 0 Å². The Hall–Kier alpha value is -4.92. The molecule has 0 radical (unpaired) electrons. The number of sulfonamides is 1. The van der Waals surface area contributed by atoms with E-state index in [0.717, 1.165) is 117 Å². The van der Waals surface area contributed by atoms with Crippen LogP contribution in [0.3, 0.4) is 0 Å². The monoisotopic (exact) mass is 1190 g/mol. The van der Waals surface area contributed by atoms with E-state index in [-0.39, 0.29) is 81.1 Å². The molecule has 0 saturated carbocycles. The quantitative estimate of drug-likeness (QED) is 0.0108. The summed E-state index contributed by atoms with van der Waals surface area (Å²) in [4.78, 5) is 74.8. The fourth-order valence-corrected chi connectivity index (χ4v) is 15.9. The first kappa shape index (κ1) is 59.7. The average Bonchev–Trinajstić information content (AvgIpc) is 3.40. The van der Waals surface area contributed by atoms with Crippen LogP contribution in [0.15, 0.2) is 49.7 Å². The number of benzene rings is 3. The highest BCUT2D eigenvalue weighted by molar-refractivity contribution is 7.89. The number of amides is 1. The summed E-state index contributed by atoms with van der Waals surface area (Å²) >= 11 is 0. The Morgan fingerprint density at radius 1 is 0.700 bits per heavy atom. The molecule has 5 heterocycles. The van der Waals surface area contributed by atoms with Crippen LogP contribution in [0.1, 0.15) is 91.2 Å². The molecule has 0 aromatic heterocycles. The summed E-state index contributed by atoms with van der Waals surface area (Å²) < 4.78 is 117. The van der Waals surface area contributed by atoms with Crippen molar-refractivity contribution in [2.45, 2.75) is 98.7 Å². The van der Waals surface area contributed by atoms with E-state index in [0.29, 0.717) is 42.9 Å². The molecule has 0 fully saturated rings. The standard InChI is InChI=1S/C52H68N6O18P2S2/c59-42(14-15-43(77(62,63)64)78(65,66)67)53-18-24-73-26-28-75-29-27-74-25-19-55-46-45(49(60)50(46)61)54-16-2-1-3-17-56-79(68,69)35-12-13-36(41(32-35)80(70,71)72)44-39-30-33-8-4-20-57-22-6-10-37(47(33)57)51(39)76-52-38-11-7-23-58-21-5-9-34(48(38)58)31-40(44)52/h12-13,30-32,43,56H,1-11,14-29H2,(H7-,53,54,55,59,60,61,62,63,64,65,66,67,70,71,72)/p+1. The maximum absolute atomic E-state index is 13.8. The number of nitrogens with one attached hydrogen (secondary N) is 4. The van der Waals surface area contributed by atoms with E-state index in [1.54, 1.807) is 0 Å². The second-order valence-corrected chi connectivity index (χ2v) is 27.7. The molecule has 0 spiro atoms. The van der Waals surface area contributed by atoms with Crippen molar-refractivity contribution in [1.82, 2.24) is 14.6 Å². The second-order valence-electron chi connectivity index (χ2n) is 20.6. The molecular weight excluding hydrogens is 1120 g/mol. The van der Waals surface area contributed by atoms with Gasteiger partial charge in [0.2, 0.25) is 21.3 Å². The van der Waals surface area contributed by atoms with Crippen LogP contribution in [0, 0.1) is 0 Å². The molecule has 9 rings (SSSR count). The van der Waals surface area contributed by atoms with Crippen molar-refractivity contribution in [3.63, 3.8) is 0 Å². The fourth-order valence-electron chi connectivity index (χ4n) is 11.5. The zero-order valence-corrected chi connectivity index (χ0v) is 47.6. The zero-order valence-electron chi connectivity index (χ0n) is 44.2. The number of unbranched alkanes of at least 4 members (excludes halogenated alkanes) is 2. The summed E-state index contributed by atoms with van der Waals surface area (Å²) in [6.07, 6.45) is 7.43. The number of fused-ring (bicyclic) bond motifs is 4. The number of hydrogen-bond donors (Lipinski definition) is 9. The summed E-state index contributed by atoms with van der Waals surface area (Å²) in [6, 6.07) is 8.14. The third-order valence-electron chi connectivity index (χ3n) is 15.1. The minimum absolute atomic E-state index is 0.0213. The number of rotatable bonds is 29. The van der Waals surface area contributed by atoms with Gasteiger partial charge >= 0.3 is 15.2 Å². The smallest absolute Gasteiger partial charge is 0.340 e. The van der Waals surface area contributed by atoms with Crippen LogP contribution < -0.4 is 56.3 Å². The van der Waals surface area contributed by atoms with Crippen LogP contribution in [0.2, 0.25) is 0 Å².